The van der Waals surface area contributed by atoms with Gasteiger partial charge in [-0.1, -0.05) is 30.3 Å². The number of likely N-dealkylation sites (tertiary alicyclic amines) is 1. The molecule has 0 bridgehead atoms. The summed E-state index contributed by atoms with van der Waals surface area (Å²) in [5, 5.41) is 6.25. The van der Waals surface area contributed by atoms with Gasteiger partial charge in [0, 0.05) is 26.2 Å². The van der Waals surface area contributed by atoms with Gasteiger partial charge >= 0.3 is 0 Å². The molecule has 1 amide bonds. The van der Waals surface area contributed by atoms with Crippen LogP contribution in [0.5, 0.6) is 0 Å². The number of halogens is 2. The number of ether oxygens (including phenoxy) is 1. The molecule has 2 N–H and O–H groups in total. The summed E-state index contributed by atoms with van der Waals surface area (Å²) in [6.45, 7) is 6.11. The Hall–Kier alpha value is -0.850. The van der Waals surface area contributed by atoms with Gasteiger partial charge in [0.2, 0.25) is 5.91 Å². The first-order chi connectivity index (χ1) is 11.3. The summed E-state index contributed by atoms with van der Waals surface area (Å²) in [6.07, 6.45) is 1.98. The first-order valence-electron chi connectivity index (χ1n) is 8.67. The zero-order chi connectivity index (χ0) is 15.9. The number of benzene rings is 1. The molecule has 0 spiro atoms. The van der Waals surface area contributed by atoms with Gasteiger partial charge in [-0.05, 0) is 37.4 Å². The second-order valence-corrected chi connectivity index (χ2v) is 6.51. The van der Waals surface area contributed by atoms with Gasteiger partial charge in [0.1, 0.15) is 6.10 Å². The summed E-state index contributed by atoms with van der Waals surface area (Å²) >= 11 is 0. The van der Waals surface area contributed by atoms with E-state index in [4.69, 9.17) is 4.74 Å². The fourth-order valence-electron chi connectivity index (χ4n) is 3.28. The van der Waals surface area contributed by atoms with Crippen LogP contribution in [0.1, 0.15) is 18.4 Å². The molecular weight excluding hydrogens is 361 g/mol. The standard InChI is InChI=1S/C18H27N3O2.2ClH/c22-18(17-13-19-8-11-23-17)20-12-15-6-9-21(10-7-15)14-16-4-2-1-3-5-16;;/h1-5,15,17,19H,6-14H2,(H,20,22);2*1H. The number of hydrogen-bond acceptors (Lipinski definition) is 4. The number of morpholine rings is 1. The van der Waals surface area contributed by atoms with Crippen molar-refractivity contribution in [3.05, 3.63) is 35.9 Å². The number of rotatable bonds is 5. The van der Waals surface area contributed by atoms with Crippen molar-refractivity contribution in [3.8, 4) is 0 Å². The van der Waals surface area contributed by atoms with Gasteiger partial charge in [-0.25, -0.2) is 0 Å². The van der Waals surface area contributed by atoms with Crippen LogP contribution in [-0.2, 0) is 16.1 Å². The normalized spacial score (nSPS) is 21.7. The predicted octanol–water partition coefficient (Wildman–Crippen LogP) is 1.85. The fourth-order valence-corrected chi connectivity index (χ4v) is 3.28. The molecule has 2 heterocycles. The van der Waals surface area contributed by atoms with Crippen molar-refractivity contribution < 1.29 is 9.53 Å². The van der Waals surface area contributed by atoms with E-state index in [2.05, 4.69) is 45.9 Å². The van der Waals surface area contributed by atoms with Gasteiger partial charge in [0.05, 0.1) is 6.61 Å². The topological polar surface area (TPSA) is 53.6 Å². The lowest BCUT2D eigenvalue weighted by molar-refractivity contribution is -0.134. The molecule has 1 aromatic rings. The van der Waals surface area contributed by atoms with Crippen LogP contribution >= 0.6 is 24.8 Å². The summed E-state index contributed by atoms with van der Waals surface area (Å²) in [5.41, 5.74) is 1.38. The maximum absolute atomic E-state index is 12.1. The Bertz CT molecular complexity index is 490. The Morgan fingerprint density at radius 3 is 2.56 bits per heavy atom. The largest absolute Gasteiger partial charge is 0.366 e. The first kappa shape index (κ1) is 22.2. The molecule has 0 aromatic heterocycles. The van der Waals surface area contributed by atoms with Gasteiger partial charge in [-0.15, -0.1) is 24.8 Å². The molecule has 0 aliphatic carbocycles. The van der Waals surface area contributed by atoms with Crippen molar-refractivity contribution >= 4 is 30.7 Å². The molecular formula is C18H29Cl2N3O2. The maximum Gasteiger partial charge on any atom is 0.250 e. The van der Waals surface area contributed by atoms with Crippen LogP contribution in [0.15, 0.2) is 30.3 Å². The van der Waals surface area contributed by atoms with Crippen LogP contribution in [0.25, 0.3) is 0 Å². The molecule has 5 nitrogen and oxygen atoms in total. The fraction of sp³-hybridized carbons (Fsp3) is 0.611. The van der Waals surface area contributed by atoms with Crippen molar-refractivity contribution in [2.24, 2.45) is 5.92 Å². The highest BCUT2D eigenvalue weighted by Gasteiger charge is 2.24. The van der Waals surface area contributed by atoms with Crippen LogP contribution in [0.3, 0.4) is 0 Å². The molecule has 2 saturated heterocycles. The minimum Gasteiger partial charge on any atom is -0.366 e. The van der Waals surface area contributed by atoms with E-state index in [1.54, 1.807) is 0 Å². The van der Waals surface area contributed by atoms with E-state index in [9.17, 15) is 4.79 Å². The summed E-state index contributed by atoms with van der Waals surface area (Å²) < 4.78 is 5.48. The number of carbonyl (C=O) groups excluding carboxylic acids is 1. The summed E-state index contributed by atoms with van der Waals surface area (Å²) in [6, 6.07) is 10.6. The Morgan fingerprint density at radius 2 is 1.92 bits per heavy atom. The van der Waals surface area contributed by atoms with Gasteiger partial charge in [0.15, 0.2) is 0 Å². The van der Waals surface area contributed by atoms with E-state index in [-0.39, 0.29) is 36.8 Å². The van der Waals surface area contributed by atoms with Crippen molar-refractivity contribution in [2.75, 3.05) is 39.3 Å². The van der Waals surface area contributed by atoms with Gasteiger partial charge in [-0.2, -0.15) is 0 Å². The van der Waals surface area contributed by atoms with E-state index >= 15 is 0 Å². The molecule has 3 rings (SSSR count). The van der Waals surface area contributed by atoms with E-state index in [0.717, 1.165) is 45.6 Å². The number of nitrogens with zero attached hydrogens (tertiary/aromatic N) is 1. The van der Waals surface area contributed by atoms with Crippen LogP contribution in [0.2, 0.25) is 0 Å². The lowest BCUT2D eigenvalue weighted by Gasteiger charge is -2.32. The van der Waals surface area contributed by atoms with Crippen LogP contribution in [0, 0.1) is 5.92 Å². The second kappa shape index (κ2) is 11.7. The zero-order valence-corrected chi connectivity index (χ0v) is 16.1. The summed E-state index contributed by atoms with van der Waals surface area (Å²) in [5.74, 6) is 0.617. The Morgan fingerprint density at radius 1 is 1.20 bits per heavy atom. The van der Waals surface area contributed by atoms with Gasteiger partial charge in [0.25, 0.3) is 0 Å². The number of carbonyl (C=O) groups is 1. The van der Waals surface area contributed by atoms with Crippen molar-refractivity contribution in [1.82, 2.24) is 15.5 Å². The van der Waals surface area contributed by atoms with Crippen molar-refractivity contribution in [2.45, 2.75) is 25.5 Å². The number of piperidine rings is 1. The lowest BCUT2D eigenvalue weighted by atomic mass is 9.96. The highest BCUT2D eigenvalue weighted by molar-refractivity contribution is 5.85. The van der Waals surface area contributed by atoms with E-state index in [0.29, 0.717) is 19.1 Å². The van der Waals surface area contributed by atoms with Crippen molar-refractivity contribution in [1.29, 1.82) is 0 Å². The molecule has 25 heavy (non-hydrogen) atoms. The highest BCUT2D eigenvalue weighted by Crippen LogP contribution is 2.18. The minimum absolute atomic E-state index is 0. The van der Waals surface area contributed by atoms with Crippen molar-refractivity contribution in [3.63, 3.8) is 0 Å². The third-order valence-corrected chi connectivity index (χ3v) is 4.74. The molecule has 1 unspecified atom stereocenters. The average molecular weight is 390 g/mol. The maximum atomic E-state index is 12.1. The molecule has 1 aromatic carbocycles. The predicted molar refractivity (Wildman–Crippen MR) is 105 cm³/mol. The summed E-state index contributed by atoms with van der Waals surface area (Å²) in [7, 11) is 0. The second-order valence-electron chi connectivity index (χ2n) is 6.51. The first-order valence-corrected chi connectivity index (χ1v) is 8.67. The molecule has 1 atom stereocenters. The summed E-state index contributed by atoms with van der Waals surface area (Å²) in [4.78, 5) is 14.6. The Balaban J connectivity index is 0.00000156. The molecule has 2 aliphatic rings. The number of hydrogen-bond donors (Lipinski definition) is 2. The minimum atomic E-state index is -0.318. The third-order valence-electron chi connectivity index (χ3n) is 4.74. The average Bonchev–Trinajstić information content (AvgIpc) is 2.62. The number of amides is 1. The van der Waals surface area contributed by atoms with E-state index in [1.807, 2.05) is 0 Å². The molecule has 2 aliphatic heterocycles. The van der Waals surface area contributed by atoms with Gasteiger partial charge < -0.3 is 15.4 Å². The van der Waals surface area contributed by atoms with Gasteiger partial charge in [-0.3, -0.25) is 9.69 Å². The monoisotopic (exact) mass is 389 g/mol. The SMILES string of the molecule is Cl.Cl.O=C(NCC1CCN(Cc2ccccc2)CC1)C1CNCCO1. The smallest absolute Gasteiger partial charge is 0.250 e. The Kier molecular flexibility index (Phi) is 10.4. The zero-order valence-electron chi connectivity index (χ0n) is 14.5. The molecule has 0 saturated carbocycles. The molecule has 142 valence electrons. The molecule has 2 fully saturated rings. The van der Waals surface area contributed by atoms with Crippen LogP contribution < -0.4 is 10.6 Å². The third kappa shape index (κ3) is 7.12. The van der Waals surface area contributed by atoms with E-state index < -0.39 is 0 Å². The Labute approximate surface area is 162 Å². The van der Waals surface area contributed by atoms with E-state index in [1.165, 1.54) is 5.56 Å². The molecule has 7 heteroatoms. The quantitative estimate of drug-likeness (QED) is 0.806. The lowest BCUT2D eigenvalue weighted by Crippen LogP contribution is -2.49. The highest BCUT2D eigenvalue weighted by atomic mass is 35.5. The molecule has 0 radical (unpaired) electrons. The van der Waals surface area contributed by atoms with Crippen LogP contribution in [0.4, 0.5) is 0 Å². The number of nitrogens with one attached hydrogen (secondary N) is 2. The van der Waals surface area contributed by atoms with Crippen LogP contribution in [-0.4, -0.2) is 56.2 Å².